The van der Waals surface area contributed by atoms with Gasteiger partial charge in [0.25, 0.3) is 5.91 Å². The summed E-state index contributed by atoms with van der Waals surface area (Å²) in [6.45, 7) is 2.05. The summed E-state index contributed by atoms with van der Waals surface area (Å²) in [4.78, 5) is 12.8. The van der Waals surface area contributed by atoms with Crippen molar-refractivity contribution in [3.63, 3.8) is 0 Å². The highest BCUT2D eigenvalue weighted by molar-refractivity contribution is 7.89. The molecule has 3 rings (SSSR count). The molecule has 1 amide bonds. The summed E-state index contributed by atoms with van der Waals surface area (Å²) in [5.41, 5.74) is 0.0292. The minimum Gasteiger partial charge on any atom is -0.494 e. The van der Waals surface area contributed by atoms with Gasteiger partial charge < -0.3 is 10.1 Å². The van der Waals surface area contributed by atoms with Crippen molar-refractivity contribution < 1.29 is 31.1 Å². The number of amides is 1. The normalized spacial score (nSPS) is 11.9. The first-order valence-electron chi connectivity index (χ1n) is 10.3. The highest BCUT2D eigenvalue weighted by Gasteiger charge is 2.30. The van der Waals surface area contributed by atoms with Crippen molar-refractivity contribution in [3.8, 4) is 5.75 Å². The van der Waals surface area contributed by atoms with Gasteiger partial charge in [0.15, 0.2) is 0 Å². The minimum atomic E-state index is -4.47. The standard InChI is InChI=1S/C24H23F3N2O4S/c1-3-33-22-14-9-17(23(30)28-20-12-10-19(11-13-20)24(25,26)27)15-18(22)16-29(2)34(31,32)21-7-5-4-6-8-21/h4-15H,3,16H2,1-2H3,(H,28,30). The fraction of sp³-hybridized carbons (Fsp3) is 0.208. The molecule has 0 aliphatic rings. The number of carbonyl (C=O) groups is 1. The Hall–Kier alpha value is -3.37. The highest BCUT2D eigenvalue weighted by atomic mass is 32.2. The molecule has 0 spiro atoms. The van der Waals surface area contributed by atoms with Crippen molar-refractivity contribution in [2.45, 2.75) is 24.5 Å². The number of rotatable bonds is 8. The Kier molecular flexibility index (Phi) is 7.63. The van der Waals surface area contributed by atoms with Gasteiger partial charge in [0.1, 0.15) is 5.75 Å². The summed E-state index contributed by atoms with van der Waals surface area (Å²) in [7, 11) is -2.36. The zero-order valence-electron chi connectivity index (χ0n) is 18.5. The third-order valence-electron chi connectivity index (χ3n) is 4.94. The van der Waals surface area contributed by atoms with E-state index in [1.807, 2.05) is 0 Å². The second-order valence-corrected chi connectivity index (χ2v) is 9.40. The largest absolute Gasteiger partial charge is 0.494 e. The molecule has 0 aromatic heterocycles. The number of anilines is 1. The first-order chi connectivity index (χ1) is 16.0. The lowest BCUT2D eigenvalue weighted by molar-refractivity contribution is -0.137. The highest BCUT2D eigenvalue weighted by Crippen LogP contribution is 2.30. The molecule has 0 unspecified atom stereocenters. The van der Waals surface area contributed by atoms with Gasteiger partial charge in [-0.2, -0.15) is 17.5 Å². The number of sulfonamides is 1. The fourth-order valence-electron chi connectivity index (χ4n) is 3.18. The van der Waals surface area contributed by atoms with Crippen LogP contribution in [0.4, 0.5) is 18.9 Å². The number of benzene rings is 3. The number of alkyl halides is 3. The summed E-state index contributed by atoms with van der Waals surface area (Å²) in [6, 6.07) is 16.6. The molecular formula is C24H23F3N2O4S. The maximum Gasteiger partial charge on any atom is 0.416 e. The Morgan fingerprint density at radius 3 is 2.24 bits per heavy atom. The summed E-state index contributed by atoms with van der Waals surface area (Å²) in [5, 5.41) is 2.55. The van der Waals surface area contributed by atoms with E-state index in [0.29, 0.717) is 17.9 Å². The van der Waals surface area contributed by atoms with Crippen molar-refractivity contribution in [1.82, 2.24) is 4.31 Å². The van der Waals surface area contributed by atoms with Gasteiger partial charge in [-0.25, -0.2) is 8.42 Å². The molecule has 3 aromatic rings. The van der Waals surface area contributed by atoms with Crippen LogP contribution in [0.3, 0.4) is 0 Å². The third kappa shape index (κ3) is 5.95. The average Bonchev–Trinajstić information content (AvgIpc) is 2.80. The fourth-order valence-corrected chi connectivity index (χ4v) is 4.35. The molecule has 10 heteroatoms. The van der Waals surface area contributed by atoms with Crippen LogP contribution in [0.15, 0.2) is 77.7 Å². The second kappa shape index (κ2) is 10.3. The first-order valence-corrected chi connectivity index (χ1v) is 11.7. The van der Waals surface area contributed by atoms with Crippen LogP contribution in [-0.4, -0.2) is 32.3 Å². The average molecular weight is 493 g/mol. The predicted molar refractivity (Wildman–Crippen MR) is 122 cm³/mol. The summed E-state index contributed by atoms with van der Waals surface area (Å²) >= 11 is 0. The monoisotopic (exact) mass is 492 g/mol. The van der Waals surface area contributed by atoms with E-state index in [-0.39, 0.29) is 22.7 Å². The summed E-state index contributed by atoms with van der Waals surface area (Å²) < 4.78 is 70.8. The maximum atomic E-state index is 12.9. The number of nitrogens with zero attached hydrogens (tertiary/aromatic N) is 1. The van der Waals surface area contributed by atoms with E-state index in [1.54, 1.807) is 31.2 Å². The Morgan fingerprint density at radius 1 is 1.00 bits per heavy atom. The lowest BCUT2D eigenvalue weighted by Gasteiger charge is -2.20. The van der Waals surface area contributed by atoms with Gasteiger partial charge in [0.05, 0.1) is 17.1 Å². The van der Waals surface area contributed by atoms with Crippen LogP contribution in [-0.2, 0) is 22.7 Å². The number of ether oxygens (including phenoxy) is 1. The number of halogens is 3. The molecule has 0 aliphatic carbocycles. The summed E-state index contributed by atoms with van der Waals surface area (Å²) in [6.07, 6.45) is -4.47. The smallest absolute Gasteiger partial charge is 0.416 e. The van der Waals surface area contributed by atoms with Crippen LogP contribution < -0.4 is 10.1 Å². The predicted octanol–water partition coefficient (Wildman–Crippen LogP) is 5.18. The van der Waals surface area contributed by atoms with Crippen molar-refractivity contribution in [3.05, 3.63) is 89.5 Å². The maximum absolute atomic E-state index is 12.9. The van der Waals surface area contributed by atoms with E-state index in [1.165, 1.54) is 31.3 Å². The second-order valence-electron chi connectivity index (χ2n) is 7.36. The molecule has 0 radical (unpaired) electrons. The van der Waals surface area contributed by atoms with Gasteiger partial charge in [-0.3, -0.25) is 4.79 Å². The van der Waals surface area contributed by atoms with Gasteiger partial charge >= 0.3 is 6.18 Å². The van der Waals surface area contributed by atoms with Gasteiger partial charge in [0, 0.05) is 30.4 Å². The van der Waals surface area contributed by atoms with Gasteiger partial charge in [-0.15, -0.1) is 0 Å². The number of hydrogen-bond acceptors (Lipinski definition) is 4. The van der Waals surface area contributed by atoms with E-state index in [2.05, 4.69) is 5.32 Å². The molecule has 3 aromatic carbocycles. The lowest BCUT2D eigenvalue weighted by atomic mass is 10.1. The van der Waals surface area contributed by atoms with Crippen LogP contribution in [0.25, 0.3) is 0 Å². The molecule has 0 fully saturated rings. The number of nitrogens with one attached hydrogen (secondary N) is 1. The van der Waals surface area contributed by atoms with Crippen molar-refractivity contribution in [2.75, 3.05) is 19.0 Å². The molecular weight excluding hydrogens is 469 g/mol. The molecule has 0 atom stereocenters. The molecule has 0 saturated carbocycles. The Bertz CT molecular complexity index is 1250. The molecule has 0 heterocycles. The van der Waals surface area contributed by atoms with Gasteiger partial charge in [-0.1, -0.05) is 18.2 Å². The van der Waals surface area contributed by atoms with Crippen molar-refractivity contribution in [2.24, 2.45) is 0 Å². The van der Waals surface area contributed by atoms with E-state index in [0.717, 1.165) is 28.6 Å². The molecule has 6 nitrogen and oxygen atoms in total. The van der Waals surface area contributed by atoms with Crippen molar-refractivity contribution in [1.29, 1.82) is 0 Å². The SMILES string of the molecule is CCOc1ccc(C(=O)Nc2ccc(C(F)(F)F)cc2)cc1CN(C)S(=O)(=O)c1ccccc1. The topological polar surface area (TPSA) is 75.7 Å². The lowest BCUT2D eigenvalue weighted by Crippen LogP contribution is -2.27. The number of hydrogen-bond donors (Lipinski definition) is 1. The Balaban J connectivity index is 1.83. The quantitative estimate of drug-likeness (QED) is 0.470. The molecule has 0 saturated heterocycles. The van der Waals surface area contributed by atoms with Gasteiger partial charge in [0.2, 0.25) is 10.0 Å². The molecule has 1 N–H and O–H groups in total. The van der Waals surface area contributed by atoms with E-state index < -0.39 is 27.7 Å². The van der Waals surface area contributed by atoms with E-state index >= 15 is 0 Å². The van der Waals surface area contributed by atoms with E-state index in [4.69, 9.17) is 4.74 Å². The Labute approximate surface area is 196 Å². The molecule has 34 heavy (non-hydrogen) atoms. The van der Waals surface area contributed by atoms with Crippen molar-refractivity contribution >= 4 is 21.6 Å². The number of carbonyl (C=O) groups excluding carboxylic acids is 1. The molecule has 0 aliphatic heterocycles. The molecule has 0 bridgehead atoms. The minimum absolute atomic E-state index is 0.0615. The molecule has 180 valence electrons. The van der Waals surface area contributed by atoms with Crippen LogP contribution >= 0.6 is 0 Å². The van der Waals surface area contributed by atoms with Crippen LogP contribution in [0.1, 0.15) is 28.4 Å². The summed E-state index contributed by atoms with van der Waals surface area (Å²) in [5.74, 6) is -0.138. The van der Waals surface area contributed by atoms with E-state index in [9.17, 15) is 26.4 Å². The van der Waals surface area contributed by atoms with Gasteiger partial charge in [-0.05, 0) is 61.5 Å². The van der Waals surface area contributed by atoms with Crippen LogP contribution in [0.5, 0.6) is 5.75 Å². The third-order valence-corrected chi connectivity index (χ3v) is 6.75. The van der Waals surface area contributed by atoms with Crippen LogP contribution in [0.2, 0.25) is 0 Å². The zero-order chi connectivity index (χ0) is 24.9. The first kappa shape index (κ1) is 25.3. The van der Waals surface area contributed by atoms with Crippen LogP contribution in [0, 0.1) is 0 Å². The Morgan fingerprint density at radius 2 is 1.65 bits per heavy atom. The zero-order valence-corrected chi connectivity index (χ0v) is 19.3.